The fraction of sp³-hybridized carbons (Fsp3) is 0.424. The number of unbranched alkanes of at least 4 members (excludes halogenated alkanes) is 2. The highest BCUT2D eigenvalue weighted by Gasteiger charge is 2.71. The minimum atomic E-state index is -1.26. The van der Waals surface area contributed by atoms with Gasteiger partial charge in [0, 0.05) is 37.6 Å². The molecule has 3 amide bonds. The molecular formula is C33H37N3O5. The number of fused-ring (bicyclic) bond motifs is 2. The van der Waals surface area contributed by atoms with E-state index in [-0.39, 0.29) is 24.3 Å². The standard InChI is InChI=1S/C33H37N3O5/c1-22-12-9-13-23(2)28(22)35-20-11-17-33-27(31(39)36(29(33)32(35)40)18-7-4-8-21-37)26-25(41-33)16-10-19-34(30(26)38)24-14-5-3-6-15-24/h3,5-6,9-17,25-27,29,37H,4,7-8,18-21H2,1-2H3/t25-,26+,27+,29?,33+/m1/s1. The molecule has 1 spiro atoms. The number of anilines is 2. The van der Waals surface area contributed by atoms with Crippen molar-refractivity contribution in [2.75, 3.05) is 36.0 Å². The minimum Gasteiger partial charge on any atom is -0.396 e. The molecule has 4 aliphatic heterocycles. The third kappa shape index (κ3) is 4.41. The summed E-state index contributed by atoms with van der Waals surface area (Å²) in [7, 11) is 0. The molecule has 8 nitrogen and oxygen atoms in total. The van der Waals surface area contributed by atoms with E-state index in [1.54, 1.807) is 14.7 Å². The van der Waals surface area contributed by atoms with E-state index in [1.807, 2.05) is 86.7 Å². The molecule has 0 aromatic heterocycles. The van der Waals surface area contributed by atoms with Gasteiger partial charge in [0.1, 0.15) is 11.6 Å². The van der Waals surface area contributed by atoms with Crippen molar-refractivity contribution in [3.63, 3.8) is 0 Å². The van der Waals surface area contributed by atoms with Crippen LogP contribution in [0.2, 0.25) is 0 Å². The number of para-hydroxylation sites is 2. The first-order valence-corrected chi connectivity index (χ1v) is 14.6. The third-order valence-electron chi connectivity index (χ3n) is 8.99. The smallest absolute Gasteiger partial charge is 0.253 e. The van der Waals surface area contributed by atoms with Gasteiger partial charge in [0.15, 0.2) is 0 Å². The average Bonchev–Trinajstić information content (AvgIpc) is 3.27. The molecule has 4 heterocycles. The van der Waals surface area contributed by atoms with Gasteiger partial charge in [-0.3, -0.25) is 14.4 Å². The van der Waals surface area contributed by atoms with Crippen molar-refractivity contribution in [1.82, 2.24) is 4.90 Å². The Bertz CT molecular complexity index is 1380. The predicted molar refractivity (Wildman–Crippen MR) is 156 cm³/mol. The molecule has 8 heteroatoms. The van der Waals surface area contributed by atoms with Crippen LogP contribution in [0.5, 0.6) is 0 Å². The average molecular weight is 556 g/mol. The van der Waals surface area contributed by atoms with E-state index in [0.717, 1.165) is 28.9 Å². The summed E-state index contributed by atoms with van der Waals surface area (Å²) < 4.78 is 6.77. The van der Waals surface area contributed by atoms with Crippen LogP contribution in [0.15, 0.2) is 72.8 Å². The summed E-state index contributed by atoms with van der Waals surface area (Å²) in [6.45, 7) is 5.14. The molecular weight excluding hydrogens is 518 g/mol. The lowest BCUT2D eigenvalue weighted by Gasteiger charge is -2.36. The van der Waals surface area contributed by atoms with Crippen molar-refractivity contribution in [3.8, 4) is 0 Å². The fourth-order valence-corrected chi connectivity index (χ4v) is 7.22. The first-order valence-electron chi connectivity index (χ1n) is 14.6. The van der Waals surface area contributed by atoms with Crippen molar-refractivity contribution < 1.29 is 24.2 Å². The van der Waals surface area contributed by atoms with Gasteiger partial charge < -0.3 is 24.5 Å². The molecule has 0 radical (unpaired) electrons. The topological polar surface area (TPSA) is 90.4 Å². The number of nitrogens with zero attached hydrogens (tertiary/aromatic N) is 3. The number of likely N-dealkylation sites (tertiary alicyclic amines) is 1. The Hall–Kier alpha value is -3.75. The van der Waals surface area contributed by atoms with Gasteiger partial charge in [-0.25, -0.2) is 0 Å². The maximum absolute atomic E-state index is 14.6. The van der Waals surface area contributed by atoms with Crippen LogP contribution in [0.4, 0.5) is 11.4 Å². The number of aliphatic hydroxyl groups excluding tert-OH is 1. The van der Waals surface area contributed by atoms with Gasteiger partial charge >= 0.3 is 0 Å². The Labute approximate surface area is 240 Å². The van der Waals surface area contributed by atoms with Crippen molar-refractivity contribution >= 4 is 29.1 Å². The summed E-state index contributed by atoms with van der Waals surface area (Å²) in [6, 6.07) is 14.5. The lowest BCUT2D eigenvalue weighted by Crippen LogP contribution is -2.55. The number of carbonyl (C=O) groups is 3. The molecule has 6 rings (SSSR count). The number of carbonyl (C=O) groups excluding carboxylic acids is 3. The SMILES string of the molecule is Cc1cccc(C)c1N1CC=C[C@]23O[C@@H]4C=CCN(c5ccccc5)C(=O)[C@@H]4[C@H]2C(=O)N(CCCCCO)C3C1=O. The number of aliphatic hydroxyl groups is 1. The summed E-state index contributed by atoms with van der Waals surface area (Å²) in [5, 5.41) is 9.30. The molecule has 1 N–H and O–H groups in total. The Balaban J connectivity index is 1.43. The van der Waals surface area contributed by atoms with Crippen LogP contribution in [-0.4, -0.2) is 71.7 Å². The monoisotopic (exact) mass is 555 g/mol. The summed E-state index contributed by atoms with van der Waals surface area (Å²) in [4.78, 5) is 48.4. The normalized spacial score (nSPS) is 29.0. The van der Waals surface area contributed by atoms with Crippen LogP contribution in [0.25, 0.3) is 0 Å². The zero-order chi connectivity index (χ0) is 28.7. The predicted octanol–water partition coefficient (Wildman–Crippen LogP) is 3.55. The van der Waals surface area contributed by atoms with E-state index >= 15 is 0 Å². The number of rotatable bonds is 7. The van der Waals surface area contributed by atoms with Crippen LogP contribution in [0.1, 0.15) is 30.4 Å². The van der Waals surface area contributed by atoms with Crippen molar-refractivity contribution in [2.24, 2.45) is 11.8 Å². The highest BCUT2D eigenvalue weighted by atomic mass is 16.5. The highest BCUT2D eigenvalue weighted by Crippen LogP contribution is 2.54. The molecule has 0 bridgehead atoms. The summed E-state index contributed by atoms with van der Waals surface area (Å²) >= 11 is 0. The van der Waals surface area contributed by atoms with Crippen molar-refractivity contribution in [2.45, 2.75) is 50.9 Å². The number of hydrogen-bond donors (Lipinski definition) is 1. The Morgan fingerprint density at radius 3 is 2.32 bits per heavy atom. The minimum absolute atomic E-state index is 0.0783. The van der Waals surface area contributed by atoms with Gasteiger partial charge in [0.25, 0.3) is 5.91 Å². The van der Waals surface area contributed by atoms with Gasteiger partial charge in [0.05, 0.1) is 17.9 Å². The maximum atomic E-state index is 14.6. The molecule has 2 aromatic rings. The number of benzene rings is 2. The number of ether oxygens (including phenoxy) is 1. The van der Waals surface area contributed by atoms with E-state index < -0.39 is 29.6 Å². The molecule has 4 aliphatic rings. The van der Waals surface area contributed by atoms with Gasteiger partial charge in [-0.05, 0) is 56.4 Å². The van der Waals surface area contributed by atoms with Crippen molar-refractivity contribution in [3.05, 3.63) is 84.0 Å². The molecule has 5 atom stereocenters. The van der Waals surface area contributed by atoms with E-state index in [4.69, 9.17) is 4.74 Å². The fourth-order valence-electron chi connectivity index (χ4n) is 7.22. The second kappa shape index (κ2) is 10.9. The molecule has 41 heavy (non-hydrogen) atoms. The summed E-state index contributed by atoms with van der Waals surface area (Å²) in [5.74, 6) is -2.16. The van der Waals surface area contributed by atoms with Crippen LogP contribution >= 0.6 is 0 Å². The van der Waals surface area contributed by atoms with Crippen LogP contribution in [0, 0.1) is 25.7 Å². The lowest BCUT2D eigenvalue weighted by molar-refractivity contribution is -0.140. The Kier molecular flexibility index (Phi) is 7.30. The van der Waals surface area contributed by atoms with E-state index in [0.29, 0.717) is 32.5 Å². The Morgan fingerprint density at radius 2 is 1.59 bits per heavy atom. The number of amides is 3. The molecule has 0 aliphatic carbocycles. The lowest BCUT2D eigenvalue weighted by atomic mass is 9.77. The zero-order valence-electron chi connectivity index (χ0n) is 23.6. The first kappa shape index (κ1) is 27.4. The first-order chi connectivity index (χ1) is 19.9. The zero-order valence-corrected chi connectivity index (χ0v) is 23.6. The molecule has 2 fully saturated rings. The van der Waals surface area contributed by atoms with E-state index in [9.17, 15) is 19.5 Å². The number of aryl methyl sites for hydroxylation is 2. The summed E-state index contributed by atoms with van der Waals surface area (Å²) in [6.07, 6.45) is 9.01. The van der Waals surface area contributed by atoms with Gasteiger partial charge in [-0.1, -0.05) is 60.7 Å². The summed E-state index contributed by atoms with van der Waals surface area (Å²) in [5.41, 5.74) is 2.30. The second-order valence-electron chi connectivity index (χ2n) is 11.5. The largest absolute Gasteiger partial charge is 0.396 e. The molecule has 1 unspecified atom stereocenters. The van der Waals surface area contributed by atoms with E-state index in [2.05, 4.69) is 0 Å². The van der Waals surface area contributed by atoms with E-state index in [1.165, 1.54) is 0 Å². The molecule has 2 aromatic carbocycles. The molecule has 2 saturated heterocycles. The van der Waals surface area contributed by atoms with Gasteiger partial charge in [-0.2, -0.15) is 0 Å². The van der Waals surface area contributed by atoms with Crippen molar-refractivity contribution in [1.29, 1.82) is 0 Å². The van der Waals surface area contributed by atoms with Crippen LogP contribution in [-0.2, 0) is 19.1 Å². The Morgan fingerprint density at radius 1 is 0.854 bits per heavy atom. The maximum Gasteiger partial charge on any atom is 0.253 e. The van der Waals surface area contributed by atoms with Crippen LogP contribution in [0.3, 0.4) is 0 Å². The number of hydrogen-bond acceptors (Lipinski definition) is 5. The third-order valence-corrected chi connectivity index (χ3v) is 8.99. The molecule has 0 saturated carbocycles. The highest BCUT2D eigenvalue weighted by molar-refractivity contribution is 6.07. The second-order valence-corrected chi connectivity index (χ2v) is 11.5. The quantitative estimate of drug-likeness (QED) is 0.417. The van der Waals surface area contributed by atoms with Gasteiger partial charge in [-0.15, -0.1) is 0 Å². The van der Waals surface area contributed by atoms with Gasteiger partial charge in [0.2, 0.25) is 11.8 Å². The van der Waals surface area contributed by atoms with Crippen LogP contribution < -0.4 is 9.80 Å². The molecule has 214 valence electrons.